The van der Waals surface area contributed by atoms with Gasteiger partial charge < -0.3 is 15.0 Å². The molecule has 1 aliphatic heterocycles. The first-order chi connectivity index (χ1) is 16.5. The van der Waals surface area contributed by atoms with E-state index in [1.165, 1.54) is 17.7 Å². The summed E-state index contributed by atoms with van der Waals surface area (Å²) in [6.45, 7) is 2.63. The highest BCUT2D eigenvalue weighted by molar-refractivity contribution is 5.94. The van der Waals surface area contributed by atoms with E-state index in [1.54, 1.807) is 6.07 Å². The van der Waals surface area contributed by atoms with Gasteiger partial charge in [-0.05, 0) is 85.4 Å². The maximum Gasteiger partial charge on any atom is 0.251 e. The predicted octanol–water partition coefficient (Wildman–Crippen LogP) is 5.48. The van der Waals surface area contributed by atoms with Crippen molar-refractivity contribution in [2.24, 2.45) is 0 Å². The van der Waals surface area contributed by atoms with Gasteiger partial charge in [0, 0.05) is 31.1 Å². The number of nitrogens with zero attached hydrogens (tertiary/aromatic N) is 1. The van der Waals surface area contributed by atoms with Crippen LogP contribution in [-0.2, 0) is 19.5 Å². The van der Waals surface area contributed by atoms with E-state index in [-0.39, 0.29) is 12.5 Å². The third-order valence-corrected chi connectivity index (χ3v) is 5.98. The molecule has 1 N–H and O–H groups in total. The van der Waals surface area contributed by atoms with Crippen molar-refractivity contribution in [1.82, 2.24) is 10.2 Å². The van der Waals surface area contributed by atoms with E-state index in [9.17, 15) is 13.6 Å². The summed E-state index contributed by atoms with van der Waals surface area (Å²) in [6, 6.07) is 17.2. The highest BCUT2D eigenvalue weighted by atomic mass is 19.1. The Hall–Kier alpha value is -3.25. The van der Waals surface area contributed by atoms with Gasteiger partial charge in [-0.1, -0.05) is 24.3 Å². The Bertz CT molecular complexity index is 1130. The zero-order chi connectivity index (χ0) is 23.9. The Morgan fingerprint density at radius 2 is 1.76 bits per heavy atom. The van der Waals surface area contributed by atoms with Crippen LogP contribution in [0.4, 0.5) is 8.78 Å². The lowest BCUT2D eigenvalue weighted by Gasteiger charge is -2.19. The molecule has 1 aliphatic rings. The molecule has 3 aromatic carbocycles. The molecule has 4 nitrogen and oxygen atoms in total. The Labute approximate surface area is 199 Å². The molecular formula is C28H30F2N2O2. The summed E-state index contributed by atoms with van der Waals surface area (Å²) in [5.41, 5.74) is 4.20. The van der Waals surface area contributed by atoms with E-state index in [4.69, 9.17) is 4.74 Å². The molecule has 0 fully saturated rings. The molecule has 0 saturated carbocycles. The molecule has 1 amide bonds. The molecule has 1 heterocycles. The second kappa shape index (κ2) is 11.3. The fraction of sp³-hybridized carbons (Fsp3) is 0.321. The number of benzene rings is 3. The van der Waals surface area contributed by atoms with Crippen molar-refractivity contribution >= 4 is 5.91 Å². The summed E-state index contributed by atoms with van der Waals surface area (Å²) in [5, 5.41) is 2.75. The summed E-state index contributed by atoms with van der Waals surface area (Å²) >= 11 is 0. The number of nitrogens with one attached hydrogen (secondary N) is 1. The van der Waals surface area contributed by atoms with Gasteiger partial charge in [0.25, 0.3) is 5.91 Å². The largest absolute Gasteiger partial charge is 0.493 e. The van der Waals surface area contributed by atoms with E-state index in [0.29, 0.717) is 24.2 Å². The van der Waals surface area contributed by atoms with Gasteiger partial charge in [0.05, 0.1) is 6.61 Å². The highest BCUT2D eigenvalue weighted by Gasteiger charge is 2.13. The quantitative estimate of drug-likeness (QED) is 0.558. The molecule has 34 heavy (non-hydrogen) atoms. The molecular weight excluding hydrogens is 434 g/mol. The molecule has 0 radical (unpaired) electrons. The molecule has 0 spiro atoms. The number of halogens is 2. The van der Waals surface area contributed by atoms with Gasteiger partial charge in [-0.3, -0.25) is 4.79 Å². The van der Waals surface area contributed by atoms with Gasteiger partial charge in [-0.2, -0.15) is 0 Å². The number of ether oxygens (including phenoxy) is 1. The topological polar surface area (TPSA) is 41.6 Å². The Morgan fingerprint density at radius 1 is 0.971 bits per heavy atom. The third-order valence-electron chi connectivity index (χ3n) is 5.98. The lowest BCUT2D eigenvalue weighted by molar-refractivity contribution is 0.0950. The number of carbonyl (C=O) groups excluding carboxylic acids is 1. The summed E-state index contributed by atoms with van der Waals surface area (Å²) in [7, 11) is 2.15. The number of hydrogen-bond acceptors (Lipinski definition) is 3. The Kier molecular flexibility index (Phi) is 7.91. The standard InChI is InChI=1S/C28H30F2N2O2/c1-32-10-3-2-4-11-34-27-9-8-23(16-24(27)13-20-6-5-7-21(12-20)19-32)28(33)31-18-22-14-25(29)17-26(30)15-22/h5-9,12,14-17H,2-4,10-11,13,18-19H2,1H3,(H,31,33). The van der Waals surface area contributed by atoms with Gasteiger partial charge in [0.2, 0.25) is 0 Å². The number of fused-ring (bicyclic) bond motifs is 3. The van der Waals surface area contributed by atoms with Crippen molar-refractivity contribution in [3.63, 3.8) is 0 Å². The Morgan fingerprint density at radius 3 is 2.59 bits per heavy atom. The van der Waals surface area contributed by atoms with Crippen LogP contribution in [0.3, 0.4) is 0 Å². The van der Waals surface area contributed by atoms with E-state index in [0.717, 1.165) is 55.3 Å². The molecule has 0 aliphatic carbocycles. The predicted molar refractivity (Wildman–Crippen MR) is 129 cm³/mol. The SMILES string of the molecule is CN1CCCCCOc2ccc(C(=O)NCc3cc(F)cc(F)c3)cc2Cc2cccc(c2)C1. The van der Waals surface area contributed by atoms with Crippen LogP contribution in [0.25, 0.3) is 0 Å². The molecule has 0 saturated heterocycles. The highest BCUT2D eigenvalue weighted by Crippen LogP contribution is 2.25. The number of carbonyl (C=O) groups is 1. The normalized spacial score (nSPS) is 15.0. The van der Waals surface area contributed by atoms with Crippen LogP contribution >= 0.6 is 0 Å². The molecule has 4 rings (SSSR count). The lowest BCUT2D eigenvalue weighted by Crippen LogP contribution is -2.23. The summed E-state index contributed by atoms with van der Waals surface area (Å²) in [5.74, 6) is -0.854. The van der Waals surface area contributed by atoms with Crippen LogP contribution in [-0.4, -0.2) is 31.0 Å². The molecule has 2 bridgehead atoms. The van der Waals surface area contributed by atoms with E-state index < -0.39 is 11.6 Å². The fourth-order valence-corrected chi connectivity index (χ4v) is 4.29. The maximum atomic E-state index is 13.4. The smallest absolute Gasteiger partial charge is 0.251 e. The molecule has 0 atom stereocenters. The third kappa shape index (κ3) is 6.64. The minimum Gasteiger partial charge on any atom is -0.493 e. The van der Waals surface area contributed by atoms with Gasteiger partial charge in [0.15, 0.2) is 0 Å². The molecule has 6 heteroatoms. The van der Waals surface area contributed by atoms with Crippen molar-refractivity contribution in [3.05, 3.63) is 100 Å². The fourth-order valence-electron chi connectivity index (χ4n) is 4.29. The Balaban J connectivity index is 1.54. The average molecular weight is 465 g/mol. The maximum absolute atomic E-state index is 13.4. The van der Waals surface area contributed by atoms with E-state index in [2.05, 4.69) is 41.5 Å². The first kappa shape index (κ1) is 23.9. The minimum atomic E-state index is -0.666. The molecule has 0 unspecified atom stereocenters. The van der Waals surface area contributed by atoms with Crippen molar-refractivity contribution < 1.29 is 18.3 Å². The van der Waals surface area contributed by atoms with Crippen molar-refractivity contribution in [2.75, 3.05) is 20.2 Å². The van der Waals surface area contributed by atoms with E-state index in [1.807, 2.05) is 12.1 Å². The van der Waals surface area contributed by atoms with Crippen LogP contribution in [0.2, 0.25) is 0 Å². The zero-order valence-electron chi connectivity index (χ0n) is 19.4. The summed E-state index contributed by atoms with van der Waals surface area (Å²) < 4.78 is 33.0. The summed E-state index contributed by atoms with van der Waals surface area (Å²) in [4.78, 5) is 15.1. The van der Waals surface area contributed by atoms with Crippen molar-refractivity contribution in [1.29, 1.82) is 0 Å². The van der Waals surface area contributed by atoms with Gasteiger partial charge >= 0.3 is 0 Å². The van der Waals surface area contributed by atoms with Gasteiger partial charge in [0.1, 0.15) is 17.4 Å². The molecule has 3 aromatic rings. The van der Waals surface area contributed by atoms with Crippen LogP contribution in [0.1, 0.15) is 51.9 Å². The monoisotopic (exact) mass is 464 g/mol. The second-order valence-corrected chi connectivity index (χ2v) is 8.93. The first-order valence-electron chi connectivity index (χ1n) is 11.7. The van der Waals surface area contributed by atoms with Gasteiger partial charge in [-0.15, -0.1) is 0 Å². The number of rotatable bonds is 3. The minimum absolute atomic E-state index is 0.0384. The zero-order valence-corrected chi connectivity index (χ0v) is 19.4. The van der Waals surface area contributed by atoms with Crippen molar-refractivity contribution in [2.45, 2.75) is 38.8 Å². The van der Waals surface area contributed by atoms with Gasteiger partial charge in [-0.25, -0.2) is 8.78 Å². The van der Waals surface area contributed by atoms with Crippen LogP contribution in [0, 0.1) is 11.6 Å². The number of amides is 1. The van der Waals surface area contributed by atoms with Crippen LogP contribution in [0.15, 0.2) is 60.7 Å². The van der Waals surface area contributed by atoms with Crippen molar-refractivity contribution in [3.8, 4) is 5.75 Å². The van der Waals surface area contributed by atoms with Crippen LogP contribution < -0.4 is 10.1 Å². The first-order valence-corrected chi connectivity index (χ1v) is 11.7. The number of hydrogen-bond donors (Lipinski definition) is 1. The molecule has 178 valence electrons. The van der Waals surface area contributed by atoms with E-state index >= 15 is 0 Å². The molecule has 0 aromatic heterocycles. The lowest BCUT2D eigenvalue weighted by atomic mass is 9.99. The summed E-state index contributed by atoms with van der Waals surface area (Å²) in [6.07, 6.45) is 3.84. The van der Waals surface area contributed by atoms with Crippen LogP contribution in [0.5, 0.6) is 5.75 Å². The average Bonchev–Trinajstić information content (AvgIpc) is 2.79. The second-order valence-electron chi connectivity index (χ2n) is 8.93.